The lowest BCUT2D eigenvalue weighted by Gasteiger charge is -2.41. The molecular formula is C29H38N2O6. The van der Waals surface area contributed by atoms with Crippen molar-refractivity contribution in [2.45, 2.75) is 64.0 Å². The topological polar surface area (TPSA) is 94.2 Å². The number of carbonyl (C=O) groups excluding carboxylic acids is 3. The van der Waals surface area contributed by atoms with Crippen LogP contribution in [-0.4, -0.2) is 62.5 Å². The molecule has 1 aliphatic heterocycles. The fourth-order valence-electron chi connectivity index (χ4n) is 4.98. The van der Waals surface area contributed by atoms with Crippen molar-refractivity contribution in [3.63, 3.8) is 0 Å². The average molecular weight is 511 g/mol. The molecule has 200 valence electrons. The van der Waals surface area contributed by atoms with Crippen molar-refractivity contribution in [1.82, 2.24) is 10.2 Å². The van der Waals surface area contributed by atoms with Crippen LogP contribution in [0, 0.1) is 0 Å². The van der Waals surface area contributed by atoms with Gasteiger partial charge in [0.2, 0.25) is 11.7 Å². The zero-order chi connectivity index (χ0) is 26.8. The minimum atomic E-state index is -0.705. The van der Waals surface area contributed by atoms with Gasteiger partial charge in [0.05, 0.1) is 21.3 Å². The maximum atomic E-state index is 13.7. The Kier molecular flexibility index (Phi) is 10.4. The second-order valence-electron chi connectivity index (χ2n) is 9.22. The van der Waals surface area contributed by atoms with Crippen LogP contribution in [0.4, 0.5) is 0 Å². The molecule has 1 aliphatic rings. The molecule has 8 heteroatoms. The summed E-state index contributed by atoms with van der Waals surface area (Å²) in [7, 11) is 4.38. The number of ketones is 1. The number of methoxy groups -OCH3 is 3. The number of nitrogens with zero attached hydrogens (tertiary/aromatic N) is 1. The number of piperidine rings is 1. The highest BCUT2D eigenvalue weighted by Crippen LogP contribution is 2.38. The molecule has 0 radical (unpaired) electrons. The third-order valence-electron chi connectivity index (χ3n) is 6.81. The Bertz CT molecular complexity index is 1040. The third-order valence-corrected chi connectivity index (χ3v) is 6.81. The number of carbonyl (C=O) groups is 3. The van der Waals surface area contributed by atoms with Gasteiger partial charge < -0.3 is 24.4 Å². The lowest BCUT2D eigenvalue weighted by Crippen LogP contribution is -2.57. The van der Waals surface area contributed by atoms with Crippen LogP contribution >= 0.6 is 0 Å². The first-order valence-electron chi connectivity index (χ1n) is 12.9. The van der Waals surface area contributed by atoms with E-state index in [-0.39, 0.29) is 29.0 Å². The van der Waals surface area contributed by atoms with Gasteiger partial charge in [-0.25, -0.2) is 0 Å². The number of rotatable bonds is 12. The van der Waals surface area contributed by atoms with Gasteiger partial charge in [-0.2, -0.15) is 0 Å². The lowest BCUT2D eigenvalue weighted by molar-refractivity contribution is -0.142. The standard InChI is InChI=1S/C29H38N2O6/c1-5-11-22-15-9-16-23(28(33)30-17-10-14-20-12-7-6-8-13-20)31(22)29(34)26(32)21-18-24(35-2)27(37-4)25(19-21)36-3/h6-8,12-13,18-19,22-23H,5,9-11,14-17H2,1-4H3,(H,30,33). The van der Waals surface area contributed by atoms with Gasteiger partial charge in [-0.1, -0.05) is 43.7 Å². The molecule has 37 heavy (non-hydrogen) atoms. The molecule has 0 aliphatic carbocycles. The number of hydrogen-bond acceptors (Lipinski definition) is 6. The number of hydrogen-bond donors (Lipinski definition) is 1. The van der Waals surface area contributed by atoms with E-state index in [1.54, 1.807) is 0 Å². The Morgan fingerprint density at radius 1 is 0.973 bits per heavy atom. The van der Waals surface area contributed by atoms with E-state index in [1.165, 1.54) is 43.9 Å². The highest BCUT2D eigenvalue weighted by Gasteiger charge is 2.40. The zero-order valence-corrected chi connectivity index (χ0v) is 22.2. The number of Topliss-reactive ketones (excluding diaryl/α,β-unsaturated/α-hetero) is 1. The number of likely N-dealkylation sites (tertiary alicyclic amines) is 1. The van der Waals surface area contributed by atoms with E-state index in [2.05, 4.69) is 17.4 Å². The minimum absolute atomic E-state index is 0.127. The van der Waals surface area contributed by atoms with Gasteiger partial charge in [-0.15, -0.1) is 0 Å². The minimum Gasteiger partial charge on any atom is -0.493 e. The summed E-state index contributed by atoms with van der Waals surface area (Å²) in [6, 6.07) is 12.2. The smallest absolute Gasteiger partial charge is 0.295 e. The third kappa shape index (κ3) is 6.81. The van der Waals surface area contributed by atoms with Crippen molar-refractivity contribution in [1.29, 1.82) is 0 Å². The van der Waals surface area contributed by atoms with E-state index < -0.39 is 17.7 Å². The molecule has 0 bridgehead atoms. The summed E-state index contributed by atoms with van der Waals surface area (Å²) in [4.78, 5) is 41.9. The molecule has 1 heterocycles. The fraction of sp³-hybridized carbons (Fsp3) is 0.483. The number of ether oxygens (including phenoxy) is 3. The maximum absolute atomic E-state index is 13.7. The van der Waals surface area contributed by atoms with Crippen molar-refractivity contribution >= 4 is 17.6 Å². The Balaban J connectivity index is 1.78. The molecule has 3 rings (SSSR count). The first-order valence-corrected chi connectivity index (χ1v) is 12.9. The van der Waals surface area contributed by atoms with Crippen molar-refractivity contribution in [2.75, 3.05) is 27.9 Å². The normalized spacial score (nSPS) is 17.1. The highest BCUT2D eigenvalue weighted by atomic mass is 16.5. The maximum Gasteiger partial charge on any atom is 0.295 e. The van der Waals surface area contributed by atoms with Crippen LogP contribution in [-0.2, 0) is 16.0 Å². The van der Waals surface area contributed by atoms with Crippen molar-refractivity contribution in [2.24, 2.45) is 0 Å². The average Bonchev–Trinajstić information content (AvgIpc) is 2.94. The molecule has 0 aromatic heterocycles. The summed E-state index contributed by atoms with van der Waals surface area (Å²) in [5.74, 6) is -0.687. The molecule has 1 fully saturated rings. The second-order valence-corrected chi connectivity index (χ2v) is 9.22. The summed E-state index contributed by atoms with van der Waals surface area (Å²) >= 11 is 0. The van der Waals surface area contributed by atoms with E-state index in [0.717, 1.165) is 38.5 Å². The van der Waals surface area contributed by atoms with Crippen LogP contribution in [0.5, 0.6) is 17.2 Å². The van der Waals surface area contributed by atoms with Crippen LogP contribution in [0.25, 0.3) is 0 Å². The predicted molar refractivity (Wildman–Crippen MR) is 141 cm³/mol. The monoisotopic (exact) mass is 510 g/mol. The molecule has 0 spiro atoms. The zero-order valence-electron chi connectivity index (χ0n) is 22.2. The van der Waals surface area contributed by atoms with Crippen molar-refractivity contribution in [3.8, 4) is 17.2 Å². The number of aryl methyl sites for hydroxylation is 1. The Labute approximate surface area is 219 Å². The van der Waals surface area contributed by atoms with Gasteiger partial charge in [0.1, 0.15) is 6.04 Å². The Morgan fingerprint density at radius 3 is 2.24 bits per heavy atom. The van der Waals surface area contributed by atoms with Crippen LogP contribution in [0.2, 0.25) is 0 Å². The van der Waals surface area contributed by atoms with Crippen molar-refractivity contribution < 1.29 is 28.6 Å². The van der Waals surface area contributed by atoms with E-state index in [4.69, 9.17) is 14.2 Å². The van der Waals surface area contributed by atoms with E-state index in [1.807, 2.05) is 25.1 Å². The van der Waals surface area contributed by atoms with Gasteiger partial charge in [-0.05, 0) is 56.2 Å². The number of benzene rings is 2. The van der Waals surface area contributed by atoms with Gasteiger partial charge in [0.25, 0.3) is 11.7 Å². The summed E-state index contributed by atoms with van der Waals surface area (Å²) < 4.78 is 16.0. The molecule has 8 nitrogen and oxygen atoms in total. The molecule has 2 atom stereocenters. The molecule has 2 aromatic carbocycles. The van der Waals surface area contributed by atoms with E-state index >= 15 is 0 Å². The van der Waals surface area contributed by atoms with Crippen LogP contribution in [0.1, 0.15) is 61.4 Å². The van der Waals surface area contributed by atoms with Crippen LogP contribution in [0.3, 0.4) is 0 Å². The number of nitrogens with one attached hydrogen (secondary N) is 1. The molecule has 2 unspecified atom stereocenters. The van der Waals surface area contributed by atoms with Gasteiger partial charge >= 0.3 is 0 Å². The first kappa shape index (κ1) is 28.0. The summed E-state index contributed by atoms with van der Waals surface area (Å²) in [5, 5.41) is 3.00. The SMILES string of the molecule is CCCC1CCCC(C(=O)NCCCc2ccccc2)N1C(=O)C(=O)c1cc(OC)c(OC)c(OC)c1. The largest absolute Gasteiger partial charge is 0.493 e. The van der Waals surface area contributed by atoms with Crippen LogP contribution < -0.4 is 19.5 Å². The lowest BCUT2D eigenvalue weighted by atomic mass is 9.91. The molecule has 2 amide bonds. The molecule has 1 N–H and O–H groups in total. The van der Waals surface area contributed by atoms with E-state index in [0.29, 0.717) is 18.7 Å². The molecule has 2 aromatic rings. The molecule has 1 saturated heterocycles. The van der Waals surface area contributed by atoms with Gasteiger partial charge in [-0.3, -0.25) is 14.4 Å². The predicted octanol–water partition coefficient (Wildman–Crippen LogP) is 4.19. The first-order chi connectivity index (χ1) is 17.9. The van der Waals surface area contributed by atoms with Crippen LogP contribution in [0.15, 0.2) is 42.5 Å². The molecular weight excluding hydrogens is 472 g/mol. The second kappa shape index (κ2) is 13.7. The van der Waals surface area contributed by atoms with Gasteiger partial charge in [0.15, 0.2) is 11.5 Å². The number of amides is 2. The summed E-state index contributed by atoms with van der Waals surface area (Å²) in [6.45, 7) is 2.54. The summed E-state index contributed by atoms with van der Waals surface area (Å²) in [5.41, 5.74) is 1.34. The Hall–Kier alpha value is -3.55. The molecule has 0 saturated carbocycles. The Morgan fingerprint density at radius 2 is 1.65 bits per heavy atom. The van der Waals surface area contributed by atoms with E-state index in [9.17, 15) is 14.4 Å². The quantitative estimate of drug-likeness (QED) is 0.261. The van der Waals surface area contributed by atoms with Gasteiger partial charge in [0, 0.05) is 18.2 Å². The summed E-state index contributed by atoms with van der Waals surface area (Å²) in [6.07, 6.45) is 5.34. The highest BCUT2D eigenvalue weighted by molar-refractivity contribution is 6.43. The fourth-order valence-corrected chi connectivity index (χ4v) is 4.98. The van der Waals surface area contributed by atoms with Crippen molar-refractivity contribution in [3.05, 3.63) is 53.6 Å².